The number of likely N-dealkylation sites (N-methyl/N-ethyl adjacent to an activating group) is 1. The van der Waals surface area contributed by atoms with Crippen LogP contribution in [0.1, 0.15) is 17.0 Å². The van der Waals surface area contributed by atoms with Crippen LogP contribution in [0.2, 0.25) is 0 Å². The van der Waals surface area contributed by atoms with Gasteiger partial charge in [-0.3, -0.25) is 4.79 Å². The Kier molecular flexibility index (Phi) is 3.11. The maximum Gasteiger partial charge on any atom is 0.290 e. The highest BCUT2D eigenvalue weighted by Gasteiger charge is 2.26. The number of furan rings is 1. The second kappa shape index (κ2) is 4.37. The van der Waals surface area contributed by atoms with Gasteiger partial charge in [-0.15, -0.1) is 0 Å². The summed E-state index contributed by atoms with van der Waals surface area (Å²) in [6.45, 7) is 1.84. The highest BCUT2D eigenvalue weighted by molar-refractivity contribution is 9.10. The molecule has 1 saturated heterocycles. The van der Waals surface area contributed by atoms with Gasteiger partial charge in [0.25, 0.3) is 5.91 Å². The molecule has 1 fully saturated rings. The first kappa shape index (κ1) is 10.7. The third-order valence-corrected chi connectivity index (χ3v) is 3.34. The van der Waals surface area contributed by atoms with Gasteiger partial charge in [-0.2, -0.15) is 0 Å². The average Bonchev–Trinajstić information content (AvgIpc) is 2.85. The van der Waals surface area contributed by atoms with Crippen molar-refractivity contribution in [2.75, 3.05) is 20.1 Å². The van der Waals surface area contributed by atoms with Crippen LogP contribution in [0.25, 0.3) is 0 Å². The lowest BCUT2D eigenvalue weighted by molar-refractivity contribution is 0.0710. The average molecular weight is 273 g/mol. The molecule has 2 rings (SSSR count). The van der Waals surface area contributed by atoms with Gasteiger partial charge in [0.2, 0.25) is 5.76 Å². The van der Waals surface area contributed by atoms with Gasteiger partial charge >= 0.3 is 0 Å². The monoisotopic (exact) mass is 272 g/mol. The van der Waals surface area contributed by atoms with Crippen molar-refractivity contribution in [3.63, 3.8) is 0 Å². The summed E-state index contributed by atoms with van der Waals surface area (Å²) >= 11 is 3.29. The molecule has 1 aliphatic rings. The zero-order chi connectivity index (χ0) is 10.8. The minimum atomic E-state index is -0.0689. The van der Waals surface area contributed by atoms with E-state index in [9.17, 15) is 4.79 Å². The van der Waals surface area contributed by atoms with Crippen molar-refractivity contribution >= 4 is 21.8 Å². The fourth-order valence-electron chi connectivity index (χ4n) is 1.74. The van der Waals surface area contributed by atoms with Crippen LogP contribution in [-0.2, 0) is 0 Å². The molecule has 1 aromatic rings. The number of nitrogens with zero attached hydrogens (tertiary/aromatic N) is 1. The molecular weight excluding hydrogens is 260 g/mol. The van der Waals surface area contributed by atoms with E-state index in [1.54, 1.807) is 11.0 Å². The van der Waals surface area contributed by atoms with Crippen LogP contribution in [0.4, 0.5) is 0 Å². The fourth-order valence-corrected chi connectivity index (χ4v) is 2.11. The van der Waals surface area contributed by atoms with Crippen LogP contribution >= 0.6 is 15.9 Å². The van der Waals surface area contributed by atoms with Gasteiger partial charge in [-0.1, -0.05) is 0 Å². The van der Waals surface area contributed by atoms with Gasteiger partial charge in [0.05, 0.1) is 10.7 Å². The van der Waals surface area contributed by atoms with E-state index in [1.807, 2.05) is 7.05 Å². The molecule has 1 atom stereocenters. The Hall–Kier alpha value is -0.810. The van der Waals surface area contributed by atoms with Gasteiger partial charge in [0.1, 0.15) is 0 Å². The largest absolute Gasteiger partial charge is 0.458 e. The topological polar surface area (TPSA) is 45.5 Å². The number of hydrogen-bond acceptors (Lipinski definition) is 3. The van der Waals surface area contributed by atoms with Crippen molar-refractivity contribution in [1.29, 1.82) is 0 Å². The van der Waals surface area contributed by atoms with E-state index in [0.717, 1.165) is 19.5 Å². The van der Waals surface area contributed by atoms with Crippen molar-refractivity contribution in [3.05, 3.63) is 22.6 Å². The lowest BCUT2D eigenvalue weighted by Gasteiger charge is -2.22. The number of carbonyl (C=O) groups excluding carboxylic acids is 1. The Morgan fingerprint density at radius 1 is 1.73 bits per heavy atom. The Morgan fingerprint density at radius 2 is 2.53 bits per heavy atom. The van der Waals surface area contributed by atoms with Gasteiger partial charge in [-0.25, -0.2) is 0 Å². The molecule has 0 aromatic carbocycles. The minimum absolute atomic E-state index is 0.0689. The van der Waals surface area contributed by atoms with Crippen molar-refractivity contribution in [1.82, 2.24) is 10.2 Å². The summed E-state index contributed by atoms with van der Waals surface area (Å²) in [4.78, 5) is 13.7. The summed E-state index contributed by atoms with van der Waals surface area (Å²) in [5.41, 5.74) is 0. The van der Waals surface area contributed by atoms with E-state index in [-0.39, 0.29) is 11.9 Å². The van der Waals surface area contributed by atoms with E-state index in [1.165, 1.54) is 6.26 Å². The SMILES string of the molecule is CN(C(=O)c1occc1Br)C1CCNC1. The van der Waals surface area contributed by atoms with Crippen LogP contribution in [0.15, 0.2) is 21.2 Å². The van der Waals surface area contributed by atoms with Crippen LogP contribution in [-0.4, -0.2) is 37.0 Å². The highest BCUT2D eigenvalue weighted by Crippen LogP contribution is 2.20. The summed E-state index contributed by atoms with van der Waals surface area (Å²) in [5.74, 6) is 0.310. The summed E-state index contributed by atoms with van der Waals surface area (Å²) in [7, 11) is 1.81. The van der Waals surface area contributed by atoms with Crippen molar-refractivity contribution in [2.45, 2.75) is 12.5 Å². The number of halogens is 1. The lowest BCUT2D eigenvalue weighted by atomic mass is 10.2. The second-order valence-electron chi connectivity index (χ2n) is 3.66. The number of amides is 1. The predicted octanol–water partition coefficient (Wildman–Crippen LogP) is 1.48. The Labute approximate surface area is 96.7 Å². The molecule has 0 spiro atoms. The molecule has 0 radical (unpaired) electrons. The summed E-state index contributed by atoms with van der Waals surface area (Å²) in [6.07, 6.45) is 2.51. The molecule has 1 N–H and O–H groups in total. The molecule has 15 heavy (non-hydrogen) atoms. The zero-order valence-corrected chi connectivity index (χ0v) is 10.1. The standard InChI is InChI=1S/C10H13BrN2O2/c1-13(7-2-4-12-6-7)10(14)9-8(11)3-5-15-9/h3,5,7,12H,2,4,6H2,1H3. The quantitative estimate of drug-likeness (QED) is 0.887. The van der Waals surface area contributed by atoms with Crippen LogP contribution in [0, 0.1) is 0 Å². The summed E-state index contributed by atoms with van der Waals surface area (Å²) in [5, 5.41) is 3.23. The first-order valence-corrected chi connectivity index (χ1v) is 5.70. The molecule has 1 aromatic heterocycles. The molecule has 1 amide bonds. The minimum Gasteiger partial charge on any atom is -0.458 e. The third-order valence-electron chi connectivity index (χ3n) is 2.71. The smallest absolute Gasteiger partial charge is 0.290 e. The van der Waals surface area contributed by atoms with E-state index in [0.29, 0.717) is 10.2 Å². The first-order chi connectivity index (χ1) is 7.20. The number of rotatable bonds is 2. The molecule has 1 unspecified atom stereocenters. The summed E-state index contributed by atoms with van der Waals surface area (Å²) < 4.78 is 5.86. The van der Waals surface area contributed by atoms with Crippen molar-refractivity contribution in [3.8, 4) is 0 Å². The molecule has 2 heterocycles. The van der Waals surface area contributed by atoms with E-state index < -0.39 is 0 Å². The molecular formula is C10H13BrN2O2. The number of hydrogen-bond donors (Lipinski definition) is 1. The Balaban J connectivity index is 2.10. The predicted molar refractivity (Wildman–Crippen MR) is 59.8 cm³/mol. The van der Waals surface area contributed by atoms with E-state index in [4.69, 9.17) is 4.42 Å². The molecule has 5 heteroatoms. The normalized spacial score (nSPS) is 20.5. The lowest BCUT2D eigenvalue weighted by Crippen LogP contribution is -2.38. The number of carbonyl (C=O) groups is 1. The fraction of sp³-hybridized carbons (Fsp3) is 0.500. The van der Waals surface area contributed by atoms with Gasteiger partial charge in [0.15, 0.2) is 0 Å². The van der Waals surface area contributed by atoms with E-state index >= 15 is 0 Å². The Bertz CT molecular complexity index is 358. The van der Waals surface area contributed by atoms with Crippen LogP contribution in [0.5, 0.6) is 0 Å². The zero-order valence-electron chi connectivity index (χ0n) is 8.50. The van der Waals surface area contributed by atoms with Crippen LogP contribution in [0.3, 0.4) is 0 Å². The highest BCUT2D eigenvalue weighted by atomic mass is 79.9. The molecule has 4 nitrogen and oxygen atoms in total. The number of nitrogens with one attached hydrogen (secondary N) is 1. The van der Waals surface area contributed by atoms with Gasteiger partial charge in [0, 0.05) is 19.6 Å². The van der Waals surface area contributed by atoms with Crippen LogP contribution < -0.4 is 5.32 Å². The molecule has 0 saturated carbocycles. The summed E-state index contributed by atoms with van der Waals surface area (Å²) in [6, 6.07) is 2.00. The van der Waals surface area contributed by atoms with Gasteiger partial charge < -0.3 is 14.6 Å². The Morgan fingerprint density at radius 3 is 3.07 bits per heavy atom. The second-order valence-corrected chi connectivity index (χ2v) is 4.51. The molecule has 0 bridgehead atoms. The maximum atomic E-state index is 12.0. The maximum absolute atomic E-state index is 12.0. The molecule has 1 aliphatic heterocycles. The first-order valence-electron chi connectivity index (χ1n) is 4.91. The molecule has 0 aliphatic carbocycles. The van der Waals surface area contributed by atoms with Crippen molar-refractivity contribution in [2.24, 2.45) is 0 Å². The molecule has 82 valence electrons. The van der Waals surface area contributed by atoms with Gasteiger partial charge in [-0.05, 0) is 35.0 Å². The van der Waals surface area contributed by atoms with Crippen molar-refractivity contribution < 1.29 is 9.21 Å². The third kappa shape index (κ3) is 2.08. The van der Waals surface area contributed by atoms with E-state index in [2.05, 4.69) is 21.2 Å².